The van der Waals surface area contributed by atoms with Gasteiger partial charge >= 0.3 is 0 Å². The number of halogens is 1. The van der Waals surface area contributed by atoms with Crippen molar-refractivity contribution in [2.75, 3.05) is 13.8 Å². The molecule has 0 radical (unpaired) electrons. The highest BCUT2D eigenvalue weighted by molar-refractivity contribution is 14.2. The maximum Gasteiger partial charge on any atom is 0.110 e. The molecule has 14 heavy (non-hydrogen) atoms. The molecule has 0 fully saturated rings. The Bertz CT molecular complexity index is 255. The average Bonchev–Trinajstić information content (AvgIpc) is 2.11. The third kappa shape index (κ3) is 5.25. The van der Waals surface area contributed by atoms with Crippen molar-refractivity contribution in [3.8, 4) is 11.8 Å². The van der Waals surface area contributed by atoms with E-state index in [-0.39, 0.29) is 5.54 Å². The molecule has 0 aromatic heterocycles. The zero-order valence-electron chi connectivity index (χ0n) is 9.06. The molecule has 0 rings (SSSR count). The van der Waals surface area contributed by atoms with Gasteiger partial charge in [0.25, 0.3) is 0 Å². The van der Waals surface area contributed by atoms with Gasteiger partial charge < -0.3 is 4.74 Å². The lowest BCUT2D eigenvalue weighted by atomic mass is 10.1. The monoisotopic (exact) mass is 325 g/mol. The summed E-state index contributed by atoms with van der Waals surface area (Å²) in [5, 5.41) is 0. The molecule has 2 nitrogen and oxygen atoms in total. The van der Waals surface area contributed by atoms with Gasteiger partial charge in [-0.15, -0.1) is 0 Å². The Hall–Kier alpha value is 0.300. The molecule has 0 amide bonds. The minimum atomic E-state index is -0.208. The highest BCUT2D eigenvalue weighted by Gasteiger charge is 2.24. The van der Waals surface area contributed by atoms with Crippen LogP contribution in [0.1, 0.15) is 20.8 Å². The quantitative estimate of drug-likeness (QED) is 0.341. The number of allylic oxidation sites excluding steroid dienone is 1. The van der Waals surface area contributed by atoms with Gasteiger partial charge in [-0.2, -0.15) is 4.31 Å². The van der Waals surface area contributed by atoms with Gasteiger partial charge in [-0.1, -0.05) is 18.4 Å². The van der Waals surface area contributed by atoms with Gasteiger partial charge in [0, 0.05) is 28.3 Å². The van der Waals surface area contributed by atoms with Crippen LogP contribution in [-0.4, -0.2) is 23.7 Å². The van der Waals surface area contributed by atoms with Gasteiger partial charge in [0.15, 0.2) is 0 Å². The third-order valence-corrected chi connectivity index (χ3v) is 3.69. The zero-order valence-corrected chi connectivity index (χ0v) is 12.0. The molecule has 0 saturated carbocycles. The van der Waals surface area contributed by atoms with E-state index in [9.17, 15) is 0 Å². The van der Waals surface area contributed by atoms with Crippen LogP contribution in [0.15, 0.2) is 12.2 Å². The molecule has 80 valence electrons. The van der Waals surface area contributed by atoms with E-state index in [1.165, 1.54) is 0 Å². The van der Waals surface area contributed by atoms with Crippen LogP contribution >= 0.6 is 30.3 Å². The molecule has 0 atom stereocenters. The molecular formula is C10H16INOS. The Kier molecular flexibility index (Phi) is 6.87. The molecule has 4 heteroatoms. The fourth-order valence-corrected chi connectivity index (χ4v) is 2.89. The van der Waals surface area contributed by atoms with Crippen molar-refractivity contribution in [2.45, 2.75) is 26.3 Å². The highest BCUT2D eigenvalue weighted by atomic mass is 127. The van der Waals surface area contributed by atoms with E-state index in [1.54, 1.807) is 16.2 Å². The first-order chi connectivity index (χ1) is 6.44. The topological polar surface area (TPSA) is 12.5 Å². The molecule has 0 spiro atoms. The lowest BCUT2D eigenvalue weighted by Crippen LogP contribution is -2.38. The summed E-state index contributed by atoms with van der Waals surface area (Å²) in [7, 11) is 3.28. The summed E-state index contributed by atoms with van der Waals surface area (Å²) < 4.78 is 7.17. The summed E-state index contributed by atoms with van der Waals surface area (Å²) in [4.78, 5) is 0. The zero-order chi connectivity index (χ0) is 11.2. The Balaban J connectivity index is 4.57. The predicted octanol–water partition coefficient (Wildman–Crippen LogP) is 3.25. The second-order valence-electron chi connectivity index (χ2n) is 3.45. The van der Waals surface area contributed by atoms with Gasteiger partial charge in [-0.3, -0.25) is 0 Å². The predicted molar refractivity (Wildman–Crippen MR) is 72.0 cm³/mol. The smallest absolute Gasteiger partial charge is 0.110 e. The normalized spacial score (nSPS) is 11.0. The van der Waals surface area contributed by atoms with Gasteiger partial charge in [0.05, 0.1) is 5.54 Å². The second kappa shape index (κ2) is 6.72. The van der Waals surface area contributed by atoms with Crippen LogP contribution in [0.3, 0.4) is 0 Å². The summed E-state index contributed by atoms with van der Waals surface area (Å²) in [5.41, 5.74) is 0.676. The van der Waals surface area contributed by atoms with Crippen LogP contribution in [0.5, 0.6) is 0 Å². The van der Waals surface area contributed by atoms with Crippen molar-refractivity contribution in [2.24, 2.45) is 0 Å². The Morgan fingerprint density at radius 2 is 2.21 bits per heavy atom. The van der Waals surface area contributed by atoms with Crippen LogP contribution < -0.4 is 0 Å². The SMILES string of the molecule is C=C(C)C#CC(C)(C)N(COC)SI. The van der Waals surface area contributed by atoms with Crippen LogP contribution in [-0.2, 0) is 4.74 Å². The van der Waals surface area contributed by atoms with Crippen LogP contribution in [0, 0.1) is 11.8 Å². The summed E-state index contributed by atoms with van der Waals surface area (Å²) in [6, 6.07) is 0. The first kappa shape index (κ1) is 14.3. The van der Waals surface area contributed by atoms with Crippen LogP contribution in [0.25, 0.3) is 0 Å². The Labute approximate surface area is 103 Å². The number of hydrogen-bond donors (Lipinski definition) is 0. The first-order valence-electron chi connectivity index (χ1n) is 4.18. The Morgan fingerprint density at radius 3 is 2.57 bits per heavy atom. The van der Waals surface area contributed by atoms with Gasteiger partial charge in [-0.25, -0.2) is 0 Å². The van der Waals surface area contributed by atoms with Crippen molar-refractivity contribution in [1.29, 1.82) is 0 Å². The molecule has 0 bridgehead atoms. The number of ether oxygens (including phenoxy) is 1. The molecule has 0 heterocycles. The van der Waals surface area contributed by atoms with Gasteiger partial charge in [0.1, 0.15) is 6.73 Å². The van der Waals surface area contributed by atoms with Gasteiger partial charge in [-0.05, 0) is 35.5 Å². The number of methoxy groups -OCH3 is 1. The minimum Gasteiger partial charge on any atom is -0.368 e. The van der Waals surface area contributed by atoms with Crippen LogP contribution in [0.2, 0.25) is 0 Å². The highest BCUT2D eigenvalue weighted by Crippen LogP contribution is 2.27. The number of rotatable bonds is 4. The lowest BCUT2D eigenvalue weighted by Gasteiger charge is -2.30. The van der Waals surface area contributed by atoms with E-state index in [0.717, 1.165) is 5.57 Å². The summed E-state index contributed by atoms with van der Waals surface area (Å²) in [5.74, 6) is 6.17. The molecule has 0 aliphatic rings. The van der Waals surface area contributed by atoms with Crippen molar-refractivity contribution < 1.29 is 4.74 Å². The standard InChI is InChI=1S/C10H16INOS/c1-9(2)6-7-10(3,4)12(14-11)8-13-5/h1,8H2,2-5H3. The van der Waals surface area contributed by atoms with E-state index in [4.69, 9.17) is 4.74 Å². The minimum absolute atomic E-state index is 0.208. The fourth-order valence-electron chi connectivity index (χ4n) is 0.707. The van der Waals surface area contributed by atoms with E-state index >= 15 is 0 Å². The lowest BCUT2D eigenvalue weighted by molar-refractivity contribution is 0.0932. The molecular weight excluding hydrogens is 309 g/mol. The third-order valence-electron chi connectivity index (χ3n) is 1.53. The maximum absolute atomic E-state index is 5.10. The van der Waals surface area contributed by atoms with Gasteiger partial charge in [0.2, 0.25) is 0 Å². The largest absolute Gasteiger partial charge is 0.368 e. The molecule has 0 aliphatic carbocycles. The van der Waals surface area contributed by atoms with E-state index in [2.05, 4.69) is 57.8 Å². The molecule has 0 unspecified atom stereocenters. The van der Waals surface area contributed by atoms with E-state index < -0.39 is 0 Å². The van der Waals surface area contributed by atoms with E-state index in [0.29, 0.717) is 6.73 Å². The molecule has 0 aliphatic heterocycles. The molecule has 0 N–H and O–H groups in total. The van der Waals surface area contributed by atoms with Crippen LogP contribution in [0.4, 0.5) is 0 Å². The molecule has 0 aromatic rings. The van der Waals surface area contributed by atoms with Crippen molar-refractivity contribution in [1.82, 2.24) is 4.31 Å². The number of nitrogens with zero attached hydrogens (tertiary/aromatic N) is 1. The summed E-state index contributed by atoms with van der Waals surface area (Å²) >= 11 is 2.23. The number of hydrogen-bond acceptors (Lipinski definition) is 3. The summed E-state index contributed by atoms with van der Waals surface area (Å²) in [6.07, 6.45) is 0. The maximum atomic E-state index is 5.10. The van der Waals surface area contributed by atoms with Crippen molar-refractivity contribution >= 4 is 30.3 Å². The Morgan fingerprint density at radius 1 is 1.64 bits per heavy atom. The van der Waals surface area contributed by atoms with Crippen molar-refractivity contribution in [3.63, 3.8) is 0 Å². The van der Waals surface area contributed by atoms with E-state index in [1.807, 2.05) is 6.92 Å². The average molecular weight is 325 g/mol. The fraction of sp³-hybridized carbons (Fsp3) is 0.600. The second-order valence-corrected chi connectivity index (χ2v) is 5.22. The van der Waals surface area contributed by atoms with Crippen molar-refractivity contribution in [3.05, 3.63) is 12.2 Å². The first-order valence-corrected chi connectivity index (χ1v) is 7.49. The summed E-state index contributed by atoms with van der Waals surface area (Å²) in [6.45, 7) is 10.3. The molecule has 0 aromatic carbocycles. The molecule has 0 saturated heterocycles.